The summed E-state index contributed by atoms with van der Waals surface area (Å²) in [5.41, 5.74) is 4.95. The van der Waals surface area contributed by atoms with Crippen LogP contribution in [-0.4, -0.2) is 7.05 Å². The molecule has 0 aliphatic rings. The molecule has 1 N–H and O–H groups in total. The molecule has 0 aromatic heterocycles. The smallest absolute Gasteiger partial charge is 0.0586 e. The Kier molecular flexibility index (Phi) is 4.67. The quantitative estimate of drug-likeness (QED) is 0.828. The third-order valence-electron chi connectivity index (χ3n) is 3.14. The molecule has 0 spiro atoms. The van der Waals surface area contributed by atoms with E-state index in [9.17, 15) is 0 Å². The molecule has 0 aliphatic carbocycles. The highest BCUT2D eigenvalue weighted by Gasteiger charge is 2.16. The normalized spacial score (nSPS) is 12.5. The third kappa shape index (κ3) is 3.38. The van der Waals surface area contributed by atoms with E-state index in [1.807, 2.05) is 25.2 Å². The Bertz CT molecular complexity index is 575. The van der Waals surface area contributed by atoms with Crippen LogP contribution in [0.3, 0.4) is 0 Å². The maximum absolute atomic E-state index is 6.12. The standard InChI is InChI=1S/C16H17BrClN/c1-10-6-11(2)8-12(7-10)16(19-3)14-9-13(18)4-5-15(14)17/h4-9,16,19H,1-3H3. The first-order valence-electron chi connectivity index (χ1n) is 6.21. The molecule has 1 atom stereocenters. The molecule has 2 aromatic rings. The van der Waals surface area contributed by atoms with Gasteiger partial charge in [0.05, 0.1) is 6.04 Å². The first kappa shape index (κ1) is 14.6. The lowest BCUT2D eigenvalue weighted by atomic mass is 9.96. The molecule has 0 fully saturated rings. The Morgan fingerprint density at radius 1 is 1.05 bits per heavy atom. The van der Waals surface area contributed by atoms with Crippen molar-refractivity contribution in [2.45, 2.75) is 19.9 Å². The van der Waals surface area contributed by atoms with E-state index in [0.29, 0.717) is 0 Å². The van der Waals surface area contributed by atoms with Crippen molar-refractivity contribution in [3.63, 3.8) is 0 Å². The van der Waals surface area contributed by atoms with Crippen LogP contribution < -0.4 is 5.32 Å². The Morgan fingerprint density at radius 3 is 2.26 bits per heavy atom. The Morgan fingerprint density at radius 2 is 1.68 bits per heavy atom. The number of hydrogen-bond acceptors (Lipinski definition) is 1. The van der Waals surface area contributed by atoms with Gasteiger partial charge in [0.1, 0.15) is 0 Å². The van der Waals surface area contributed by atoms with E-state index in [0.717, 1.165) is 15.1 Å². The SMILES string of the molecule is CNC(c1cc(C)cc(C)c1)c1cc(Cl)ccc1Br. The molecule has 0 saturated carbocycles. The van der Waals surface area contributed by atoms with Crippen LogP contribution in [0.5, 0.6) is 0 Å². The molecular formula is C16H17BrClN. The minimum Gasteiger partial charge on any atom is -0.309 e. The summed E-state index contributed by atoms with van der Waals surface area (Å²) in [7, 11) is 1.97. The van der Waals surface area contributed by atoms with Gasteiger partial charge in [0.2, 0.25) is 0 Å². The summed E-state index contributed by atoms with van der Waals surface area (Å²) in [6.45, 7) is 4.24. The monoisotopic (exact) mass is 337 g/mol. The maximum atomic E-state index is 6.12. The van der Waals surface area contributed by atoms with Crippen LogP contribution in [0.2, 0.25) is 5.02 Å². The van der Waals surface area contributed by atoms with Crippen LogP contribution in [-0.2, 0) is 0 Å². The predicted molar refractivity (Wildman–Crippen MR) is 86.0 cm³/mol. The topological polar surface area (TPSA) is 12.0 Å². The van der Waals surface area contributed by atoms with Gasteiger partial charge in [0, 0.05) is 9.50 Å². The summed E-state index contributed by atoms with van der Waals surface area (Å²) >= 11 is 9.73. The largest absolute Gasteiger partial charge is 0.309 e. The fourth-order valence-corrected chi connectivity index (χ4v) is 3.07. The lowest BCUT2D eigenvalue weighted by Gasteiger charge is -2.20. The summed E-state index contributed by atoms with van der Waals surface area (Å²) in [5.74, 6) is 0. The molecule has 100 valence electrons. The Labute approximate surface area is 128 Å². The van der Waals surface area contributed by atoms with E-state index >= 15 is 0 Å². The highest BCUT2D eigenvalue weighted by atomic mass is 79.9. The zero-order chi connectivity index (χ0) is 14.0. The Balaban J connectivity index is 2.52. The molecule has 0 radical (unpaired) electrons. The van der Waals surface area contributed by atoms with Gasteiger partial charge in [-0.1, -0.05) is 56.9 Å². The van der Waals surface area contributed by atoms with Gasteiger partial charge in [0.15, 0.2) is 0 Å². The van der Waals surface area contributed by atoms with Crippen LogP contribution in [0.4, 0.5) is 0 Å². The van der Waals surface area contributed by atoms with Gasteiger partial charge in [-0.3, -0.25) is 0 Å². The van der Waals surface area contributed by atoms with Crippen LogP contribution in [0.1, 0.15) is 28.3 Å². The molecule has 1 unspecified atom stereocenters. The molecular weight excluding hydrogens is 322 g/mol. The second-order valence-electron chi connectivity index (χ2n) is 4.81. The van der Waals surface area contributed by atoms with E-state index in [-0.39, 0.29) is 6.04 Å². The zero-order valence-electron chi connectivity index (χ0n) is 11.3. The Hall–Kier alpha value is -0.830. The summed E-state index contributed by atoms with van der Waals surface area (Å²) in [6.07, 6.45) is 0. The average molecular weight is 339 g/mol. The zero-order valence-corrected chi connectivity index (χ0v) is 13.6. The number of benzene rings is 2. The second kappa shape index (κ2) is 6.08. The van der Waals surface area contributed by atoms with Crippen molar-refractivity contribution in [1.82, 2.24) is 5.32 Å². The summed E-state index contributed by atoms with van der Waals surface area (Å²) in [4.78, 5) is 0. The van der Waals surface area contributed by atoms with E-state index in [4.69, 9.17) is 11.6 Å². The molecule has 0 heterocycles. The minimum atomic E-state index is 0.131. The highest BCUT2D eigenvalue weighted by Crippen LogP contribution is 2.31. The van der Waals surface area contributed by atoms with Gasteiger partial charge in [0.25, 0.3) is 0 Å². The van der Waals surface area contributed by atoms with Crippen molar-refractivity contribution in [2.24, 2.45) is 0 Å². The van der Waals surface area contributed by atoms with Crippen molar-refractivity contribution in [3.8, 4) is 0 Å². The van der Waals surface area contributed by atoms with Crippen molar-refractivity contribution < 1.29 is 0 Å². The van der Waals surface area contributed by atoms with E-state index in [1.54, 1.807) is 0 Å². The van der Waals surface area contributed by atoms with Gasteiger partial charge in [-0.15, -0.1) is 0 Å². The maximum Gasteiger partial charge on any atom is 0.0586 e. The van der Waals surface area contributed by atoms with Crippen molar-refractivity contribution in [3.05, 3.63) is 68.1 Å². The number of halogens is 2. The molecule has 2 aromatic carbocycles. The van der Waals surface area contributed by atoms with Gasteiger partial charge in [-0.05, 0) is 50.2 Å². The van der Waals surface area contributed by atoms with Crippen molar-refractivity contribution >= 4 is 27.5 Å². The number of aryl methyl sites for hydroxylation is 2. The van der Waals surface area contributed by atoms with Gasteiger partial charge < -0.3 is 5.32 Å². The molecule has 2 rings (SSSR count). The minimum absolute atomic E-state index is 0.131. The first-order valence-corrected chi connectivity index (χ1v) is 7.39. The van der Waals surface area contributed by atoms with Crippen molar-refractivity contribution in [1.29, 1.82) is 0 Å². The summed E-state index contributed by atoms with van der Waals surface area (Å²) in [5, 5.41) is 4.12. The highest BCUT2D eigenvalue weighted by molar-refractivity contribution is 9.10. The van der Waals surface area contributed by atoms with Crippen molar-refractivity contribution in [2.75, 3.05) is 7.05 Å². The third-order valence-corrected chi connectivity index (χ3v) is 4.09. The molecule has 3 heteroatoms. The second-order valence-corrected chi connectivity index (χ2v) is 6.10. The first-order chi connectivity index (χ1) is 9.01. The van der Waals surface area contributed by atoms with Crippen LogP contribution >= 0.6 is 27.5 Å². The fraction of sp³-hybridized carbons (Fsp3) is 0.250. The summed E-state index contributed by atoms with van der Waals surface area (Å²) in [6, 6.07) is 12.6. The van der Waals surface area contributed by atoms with Gasteiger partial charge in [-0.25, -0.2) is 0 Å². The fourth-order valence-electron chi connectivity index (χ4n) is 2.41. The van der Waals surface area contributed by atoms with Crippen LogP contribution in [0.15, 0.2) is 40.9 Å². The van der Waals surface area contributed by atoms with E-state index in [2.05, 4.69) is 53.3 Å². The number of nitrogens with one attached hydrogen (secondary N) is 1. The van der Waals surface area contributed by atoms with Crippen LogP contribution in [0.25, 0.3) is 0 Å². The average Bonchev–Trinajstić information content (AvgIpc) is 2.33. The molecule has 0 bridgehead atoms. The molecule has 0 amide bonds. The van der Waals surface area contributed by atoms with E-state index in [1.165, 1.54) is 16.7 Å². The van der Waals surface area contributed by atoms with Gasteiger partial charge in [-0.2, -0.15) is 0 Å². The summed E-state index contributed by atoms with van der Waals surface area (Å²) < 4.78 is 1.07. The predicted octanol–water partition coefficient (Wildman–Crippen LogP) is 5.03. The van der Waals surface area contributed by atoms with Gasteiger partial charge >= 0.3 is 0 Å². The number of rotatable bonds is 3. The molecule has 1 nitrogen and oxygen atoms in total. The lowest BCUT2D eigenvalue weighted by Crippen LogP contribution is -2.18. The number of hydrogen-bond donors (Lipinski definition) is 1. The van der Waals surface area contributed by atoms with Crippen LogP contribution in [0, 0.1) is 13.8 Å². The van der Waals surface area contributed by atoms with E-state index < -0.39 is 0 Å². The lowest BCUT2D eigenvalue weighted by molar-refractivity contribution is 0.688. The molecule has 0 saturated heterocycles. The molecule has 0 aliphatic heterocycles. The molecule has 19 heavy (non-hydrogen) atoms.